The average molecular weight is 435 g/mol. The molecule has 30 heavy (non-hydrogen) atoms. The molecule has 3 rings (SSSR count). The van der Waals surface area contributed by atoms with Crippen LogP contribution in [0.1, 0.15) is 49.1 Å². The van der Waals surface area contributed by atoms with E-state index in [1.54, 1.807) is 11.6 Å². The SMILES string of the molecule is CC/C(=C/c1ccc2c(c1)c(C)nn2Cc1ccc(Cl)cc1C(F)(F)F)CC(C)=O. The van der Waals surface area contributed by atoms with Crippen molar-refractivity contribution in [2.45, 2.75) is 46.3 Å². The molecule has 1 aromatic heterocycles. The highest BCUT2D eigenvalue weighted by atomic mass is 35.5. The molecule has 7 heteroatoms. The van der Waals surface area contributed by atoms with Gasteiger partial charge in [0, 0.05) is 16.8 Å². The highest BCUT2D eigenvalue weighted by molar-refractivity contribution is 6.30. The van der Waals surface area contributed by atoms with Crippen LogP contribution >= 0.6 is 11.6 Å². The number of nitrogens with zero attached hydrogens (tertiary/aromatic N) is 2. The van der Waals surface area contributed by atoms with Crippen LogP contribution in [0.5, 0.6) is 0 Å². The molecular weight excluding hydrogens is 413 g/mol. The number of ketones is 1. The summed E-state index contributed by atoms with van der Waals surface area (Å²) in [5.41, 5.74) is 2.79. The van der Waals surface area contributed by atoms with E-state index in [0.29, 0.717) is 6.42 Å². The van der Waals surface area contributed by atoms with E-state index in [4.69, 9.17) is 11.6 Å². The predicted molar refractivity (Wildman–Crippen MR) is 114 cm³/mol. The number of allylic oxidation sites excluding steroid dienone is 1. The second-order valence-electron chi connectivity index (χ2n) is 7.35. The number of hydrogen-bond donors (Lipinski definition) is 0. The van der Waals surface area contributed by atoms with E-state index < -0.39 is 11.7 Å². The fourth-order valence-corrected chi connectivity index (χ4v) is 3.69. The van der Waals surface area contributed by atoms with E-state index >= 15 is 0 Å². The lowest BCUT2D eigenvalue weighted by Gasteiger charge is -2.14. The molecule has 0 amide bonds. The summed E-state index contributed by atoms with van der Waals surface area (Å²) in [5.74, 6) is 0.108. The summed E-state index contributed by atoms with van der Waals surface area (Å²) in [6.45, 7) is 5.37. The number of hydrogen-bond acceptors (Lipinski definition) is 2. The molecule has 0 spiro atoms. The second kappa shape index (κ2) is 8.64. The van der Waals surface area contributed by atoms with Gasteiger partial charge in [0.25, 0.3) is 0 Å². The van der Waals surface area contributed by atoms with Crippen LogP contribution in [0.15, 0.2) is 42.0 Å². The zero-order valence-corrected chi connectivity index (χ0v) is 17.7. The molecule has 0 aliphatic heterocycles. The highest BCUT2D eigenvalue weighted by Gasteiger charge is 2.33. The fraction of sp³-hybridized carbons (Fsp3) is 0.304. The lowest BCUT2D eigenvalue weighted by molar-refractivity contribution is -0.138. The van der Waals surface area contributed by atoms with Crippen LogP contribution in [-0.4, -0.2) is 15.6 Å². The summed E-state index contributed by atoms with van der Waals surface area (Å²) >= 11 is 5.78. The molecule has 2 aromatic carbocycles. The van der Waals surface area contributed by atoms with Gasteiger partial charge in [-0.15, -0.1) is 0 Å². The Morgan fingerprint density at radius 2 is 1.93 bits per heavy atom. The minimum Gasteiger partial charge on any atom is -0.300 e. The van der Waals surface area contributed by atoms with E-state index in [2.05, 4.69) is 5.10 Å². The lowest BCUT2D eigenvalue weighted by atomic mass is 10.0. The quantitative estimate of drug-likeness (QED) is 0.425. The Morgan fingerprint density at radius 3 is 2.57 bits per heavy atom. The number of rotatable bonds is 6. The number of aromatic nitrogens is 2. The molecule has 158 valence electrons. The third-order valence-corrected chi connectivity index (χ3v) is 5.19. The molecule has 1 heterocycles. The summed E-state index contributed by atoms with van der Waals surface area (Å²) in [5, 5.41) is 5.37. The molecule has 3 nitrogen and oxygen atoms in total. The monoisotopic (exact) mass is 434 g/mol. The Kier molecular flexibility index (Phi) is 6.36. The minimum atomic E-state index is -4.50. The van der Waals surface area contributed by atoms with Crippen LogP contribution in [0.3, 0.4) is 0 Å². The third kappa shape index (κ3) is 4.93. The van der Waals surface area contributed by atoms with Crippen molar-refractivity contribution in [2.24, 2.45) is 0 Å². The molecule has 0 bridgehead atoms. The van der Waals surface area contributed by atoms with Crippen LogP contribution in [0, 0.1) is 6.92 Å². The Hall–Kier alpha value is -2.60. The summed E-state index contributed by atoms with van der Waals surface area (Å²) < 4.78 is 41.9. The number of carbonyl (C=O) groups excluding carboxylic acids is 1. The molecule has 0 aliphatic rings. The van der Waals surface area contributed by atoms with E-state index in [9.17, 15) is 18.0 Å². The first-order chi connectivity index (χ1) is 14.1. The van der Waals surface area contributed by atoms with Crippen LogP contribution in [-0.2, 0) is 17.5 Å². The largest absolute Gasteiger partial charge is 0.416 e. The molecule has 0 fully saturated rings. The molecule has 0 saturated heterocycles. The van der Waals surface area contributed by atoms with Crippen molar-refractivity contribution in [3.63, 3.8) is 0 Å². The van der Waals surface area contributed by atoms with Crippen molar-refractivity contribution in [1.82, 2.24) is 9.78 Å². The number of halogens is 4. The third-order valence-electron chi connectivity index (χ3n) is 4.96. The van der Waals surface area contributed by atoms with E-state index in [1.165, 1.54) is 12.1 Å². The number of benzene rings is 2. The van der Waals surface area contributed by atoms with E-state index in [0.717, 1.165) is 40.2 Å². The van der Waals surface area contributed by atoms with Crippen LogP contribution in [0.2, 0.25) is 5.02 Å². The Labute approximate surface area is 178 Å². The fourth-order valence-electron chi connectivity index (χ4n) is 3.51. The number of alkyl halides is 3. The summed E-state index contributed by atoms with van der Waals surface area (Å²) in [6, 6.07) is 9.49. The van der Waals surface area contributed by atoms with Crippen LogP contribution in [0.4, 0.5) is 13.2 Å². The molecule has 0 aliphatic carbocycles. The van der Waals surface area contributed by atoms with Crippen LogP contribution in [0.25, 0.3) is 17.0 Å². The maximum absolute atomic E-state index is 13.4. The van der Waals surface area contributed by atoms with Gasteiger partial charge in [-0.25, -0.2) is 0 Å². The molecular formula is C23H22ClF3N2O. The maximum Gasteiger partial charge on any atom is 0.416 e. The summed E-state index contributed by atoms with van der Waals surface area (Å²) in [7, 11) is 0. The van der Waals surface area contributed by atoms with Gasteiger partial charge in [-0.3, -0.25) is 9.48 Å². The van der Waals surface area contributed by atoms with Gasteiger partial charge < -0.3 is 0 Å². The molecule has 0 unspecified atom stereocenters. The van der Waals surface area contributed by atoms with Crippen molar-refractivity contribution in [1.29, 1.82) is 0 Å². The van der Waals surface area contributed by atoms with Gasteiger partial charge in [-0.2, -0.15) is 18.3 Å². The number of fused-ring (bicyclic) bond motifs is 1. The highest BCUT2D eigenvalue weighted by Crippen LogP contribution is 2.34. The van der Waals surface area contributed by atoms with E-state index in [-0.39, 0.29) is 22.9 Å². The second-order valence-corrected chi connectivity index (χ2v) is 7.79. The first-order valence-electron chi connectivity index (χ1n) is 9.60. The van der Waals surface area contributed by atoms with Gasteiger partial charge >= 0.3 is 6.18 Å². The number of Topliss-reactive ketones (excluding diaryl/α,β-unsaturated/α-hetero) is 1. The molecule has 3 aromatic rings. The van der Waals surface area contributed by atoms with Gasteiger partial charge in [-0.1, -0.05) is 42.3 Å². The van der Waals surface area contributed by atoms with Gasteiger partial charge in [0.05, 0.1) is 23.3 Å². The normalized spacial score (nSPS) is 12.6. The molecule has 0 radical (unpaired) electrons. The van der Waals surface area contributed by atoms with Gasteiger partial charge in [0.15, 0.2) is 0 Å². The number of aryl methyl sites for hydroxylation is 1. The summed E-state index contributed by atoms with van der Waals surface area (Å²) in [6.07, 6.45) is -1.34. The minimum absolute atomic E-state index is 0.0178. The number of carbonyl (C=O) groups is 1. The zero-order valence-electron chi connectivity index (χ0n) is 17.0. The lowest BCUT2D eigenvalue weighted by Crippen LogP contribution is -2.12. The Bertz CT molecular complexity index is 1130. The zero-order chi connectivity index (χ0) is 22.1. The van der Waals surface area contributed by atoms with Gasteiger partial charge in [-0.05, 0) is 55.7 Å². The van der Waals surface area contributed by atoms with Crippen molar-refractivity contribution in [2.75, 3.05) is 0 Å². The van der Waals surface area contributed by atoms with Crippen molar-refractivity contribution < 1.29 is 18.0 Å². The van der Waals surface area contributed by atoms with Crippen LogP contribution < -0.4 is 0 Å². The predicted octanol–water partition coefficient (Wildman–Crippen LogP) is 6.84. The maximum atomic E-state index is 13.4. The van der Waals surface area contributed by atoms with Crippen molar-refractivity contribution in [3.05, 3.63) is 69.4 Å². The van der Waals surface area contributed by atoms with Crippen molar-refractivity contribution in [3.8, 4) is 0 Å². The Morgan fingerprint density at radius 1 is 1.20 bits per heavy atom. The van der Waals surface area contributed by atoms with Gasteiger partial charge in [0.1, 0.15) is 5.78 Å². The Balaban J connectivity index is 2.01. The van der Waals surface area contributed by atoms with Gasteiger partial charge in [0.2, 0.25) is 0 Å². The van der Waals surface area contributed by atoms with E-state index in [1.807, 2.05) is 38.1 Å². The summed E-state index contributed by atoms with van der Waals surface area (Å²) in [4.78, 5) is 11.4. The smallest absolute Gasteiger partial charge is 0.300 e. The molecule has 0 saturated carbocycles. The van der Waals surface area contributed by atoms with Crippen molar-refractivity contribution >= 4 is 34.4 Å². The first-order valence-corrected chi connectivity index (χ1v) is 9.98. The first kappa shape index (κ1) is 22.1. The standard InChI is InChI=1S/C23H22ClF3N2O/c1-4-16(9-14(2)30)10-17-5-8-22-20(11-17)15(3)28-29(22)13-18-6-7-19(24)12-21(18)23(25,26)27/h5-8,10-12H,4,9,13H2,1-3H3/b16-10-. The molecule has 0 N–H and O–H groups in total. The topological polar surface area (TPSA) is 34.9 Å². The molecule has 0 atom stereocenters. The average Bonchev–Trinajstić information content (AvgIpc) is 2.96.